The van der Waals surface area contributed by atoms with Crippen LogP contribution in [0.5, 0.6) is 0 Å². The summed E-state index contributed by atoms with van der Waals surface area (Å²) < 4.78 is 0. The van der Waals surface area contributed by atoms with E-state index in [1.807, 2.05) is 11.2 Å². The number of benzene rings is 1. The van der Waals surface area contributed by atoms with Gasteiger partial charge in [0.1, 0.15) is 11.6 Å². The van der Waals surface area contributed by atoms with E-state index in [-0.39, 0.29) is 5.78 Å². The van der Waals surface area contributed by atoms with Crippen molar-refractivity contribution in [1.29, 1.82) is 0 Å². The maximum absolute atomic E-state index is 12.3. The van der Waals surface area contributed by atoms with E-state index in [1.54, 1.807) is 0 Å². The molecule has 0 saturated carbocycles. The van der Waals surface area contributed by atoms with Crippen LogP contribution < -0.4 is 10.6 Å². The fourth-order valence-electron chi connectivity index (χ4n) is 3.91. The van der Waals surface area contributed by atoms with Crippen molar-refractivity contribution in [3.63, 3.8) is 0 Å². The van der Waals surface area contributed by atoms with E-state index in [9.17, 15) is 4.79 Å². The number of fused-ring (bicyclic) bond motifs is 1. The highest BCUT2D eigenvalue weighted by molar-refractivity contribution is 7.98. The zero-order chi connectivity index (χ0) is 18.8. The Balaban J connectivity index is 1.58. The molecule has 0 amide bonds. The van der Waals surface area contributed by atoms with Crippen molar-refractivity contribution in [3.8, 4) is 0 Å². The lowest BCUT2D eigenvalue weighted by atomic mass is 10.0. The summed E-state index contributed by atoms with van der Waals surface area (Å²) in [6.07, 6.45) is 4.85. The number of carbonyl (C=O) groups is 1. The first-order valence-corrected chi connectivity index (χ1v) is 10.6. The van der Waals surface area contributed by atoms with Gasteiger partial charge in [0.05, 0.1) is 6.54 Å². The number of anilines is 2. The Labute approximate surface area is 164 Å². The molecule has 3 heterocycles. The second kappa shape index (κ2) is 7.86. The fraction of sp³-hybridized carbons (Fsp3) is 0.450. The number of hydrogen-bond donors (Lipinski definition) is 1. The van der Waals surface area contributed by atoms with Crippen molar-refractivity contribution in [3.05, 3.63) is 41.0 Å². The first-order valence-electron chi connectivity index (χ1n) is 9.39. The van der Waals surface area contributed by atoms with Gasteiger partial charge in [-0.25, -0.2) is 9.97 Å². The van der Waals surface area contributed by atoms with Gasteiger partial charge in [-0.2, -0.15) is 0 Å². The Morgan fingerprint density at radius 1 is 1.15 bits per heavy atom. The minimum absolute atomic E-state index is 0.155. The molecule has 0 bridgehead atoms. The number of carbonyl (C=O) groups excluding carboxylic acids is 1. The summed E-state index contributed by atoms with van der Waals surface area (Å²) in [5, 5.41) is 0.647. The molecule has 0 radical (unpaired) electrons. The second-order valence-corrected chi connectivity index (χ2v) is 8.05. The molecule has 0 unspecified atom stereocenters. The lowest BCUT2D eigenvalue weighted by molar-refractivity contribution is -0.117. The van der Waals surface area contributed by atoms with Crippen LogP contribution in [0, 0.1) is 0 Å². The van der Waals surface area contributed by atoms with Gasteiger partial charge in [-0.15, -0.1) is 0 Å². The number of rotatable bonds is 5. The van der Waals surface area contributed by atoms with Gasteiger partial charge in [0.25, 0.3) is 0 Å². The van der Waals surface area contributed by atoms with Crippen molar-refractivity contribution in [2.45, 2.75) is 37.5 Å². The summed E-state index contributed by atoms with van der Waals surface area (Å²) in [6.45, 7) is 4.39. The minimum Gasteiger partial charge on any atom is -0.383 e. The molecule has 4 rings (SSSR count). The van der Waals surface area contributed by atoms with E-state index < -0.39 is 0 Å². The average molecular weight is 384 g/mol. The lowest BCUT2D eigenvalue weighted by Gasteiger charge is -2.30. The van der Waals surface area contributed by atoms with Gasteiger partial charge in [-0.05, 0) is 43.3 Å². The third-order valence-corrected chi connectivity index (χ3v) is 5.74. The third-order valence-electron chi connectivity index (χ3n) is 5.19. The van der Waals surface area contributed by atoms with E-state index in [1.165, 1.54) is 48.8 Å². The van der Waals surface area contributed by atoms with Crippen molar-refractivity contribution >= 4 is 29.2 Å². The van der Waals surface area contributed by atoms with E-state index in [0.717, 1.165) is 17.9 Å². The first-order chi connectivity index (χ1) is 13.1. The highest BCUT2D eigenvalue weighted by Gasteiger charge is 2.27. The number of ketones is 1. The van der Waals surface area contributed by atoms with Crippen LogP contribution in [0.2, 0.25) is 0 Å². The maximum atomic E-state index is 12.3. The molecular weight excluding hydrogens is 358 g/mol. The highest BCUT2D eigenvalue weighted by Crippen LogP contribution is 2.30. The minimum atomic E-state index is 0.155. The first kappa shape index (κ1) is 18.3. The van der Waals surface area contributed by atoms with Gasteiger partial charge in [0.2, 0.25) is 0 Å². The quantitative estimate of drug-likeness (QED) is 0.628. The third kappa shape index (κ3) is 4.09. The molecule has 0 atom stereocenters. The molecule has 1 aromatic carbocycles. The summed E-state index contributed by atoms with van der Waals surface area (Å²) in [5.41, 5.74) is 9.38. The molecule has 1 saturated heterocycles. The molecule has 6 nitrogen and oxygen atoms in total. The second-order valence-electron chi connectivity index (χ2n) is 7.27. The molecule has 7 heteroatoms. The molecular formula is C20H25N5OS. The average Bonchev–Trinajstić information content (AvgIpc) is 3.15. The van der Waals surface area contributed by atoms with Crippen LogP contribution in [0.25, 0.3) is 0 Å². The standard InChI is InChI=1S/C20H25N5OS/c1-27-20-22-18(21)17-10-16(26)13-25(19(17)23-20)12-15-6-4-5-14(9-15)11-24-7-2-3-8-24/h4-6,9H,2-3,7-8,10-13H2,1H3,(H2,21,22,23). The SMILES string of the molecule is CSc1nc(N)c2c(n1)N(Cc1cccc(CN3CCCC3)c1)CC(=O)C2. The highest BCUT2D eigenvalue weighted by atomic mass is 32.2. The van der Waals surface area contributed by atoms with Crippen LogP contribution in [-0.2, 0) is 24.3 Å². The summed E-state index contributed by atoms with van der Waals surface area (Å²) in [7, 11) is 0. The van der Waals surface area contributed by atoms with Gasteiger partial charge in [-0.3, -0.25) is 9.69 Å². The molecule has 27 heavy (non-hydrogen) atoms. The van der Waals surface area contributed by atoms with Gasteiger partial charge < -0.3 is 10.6 Å². The van der Waals surface area contributed by atoms with Crippen molar-refractivity contribution in [2.75, 3.05) is 36.5 Å². The molecule has 1 fully saturated rings. The van der Waals surface area contributed by atoms with Crippen LogP contribution in [-0.4, -0.2) is 46.5 Å². The summed E-state index contributed by atoms with van der Waals surface area (Å²) in [5.74, 6) is 1.38. The number of nitrogens with two attached hydrogens (primary N) is 1. The molecule has 0 spiro atoms. The Bertz CT molecular complexity index is 850. The Morgan fingerprint density at radius 3 is 2.63 bits per heavy atom. The summed E-state index contributed by atoms with van der Waals surface area (Å²) >= 11 is 1.47. The monoisotopic (exact) mass is 383 g/mol. The Morgan fingerprint density at radius 2 is 1.89 bits per heavy atom. The predicted molar refractivity (Wildman–Crippen MR) is 109 cm³/mol. The number of hydrogen-bond acceptors (Lipinski definition) is 7. The largest absolute Gasteiger partial charge is 0.383 e. The number of Topliss-reactive ketones (excluding diaryl/α,β-unsaturated/α-hetero) is 1. The molecule has 2 aliphatic rings. The van der Waals surface area contributed by atoms with Gasteiger partial charge >= 0.3 is 0 Å². The van der Waals surface area contributed by atoms with Crippen LogP contribution in [0.1, 0.15) is 29.5 Å². The number of aromatic nitrogens is 2. The molecule has 2 aliphatic heterocycles. The van der Waals surface area contributed by atoms with Crippen LogP contribution in [0.3, 0.4) is 0 Å². The van der Waals surface area contributed by atoms with Crippen LogP contribution >= 0.6 is 11.8 Å². The van der Waals surface area contributed by atoms with Crippen molar-refractivity contribution < 1.29 is 4.79 Å². The zero-order valence-corrected chi connectivity index (χ0v) is 16.5. The van der Waals surface area contributed by atoms with Crippen LogP contribution in [0.4, 0.5) is 11.6 Å². The van der Waals surface area contributed by atoms with E-state index in [4.69, 9.17) is 5.73 Å². The topological polar surface area (TPSA) is 75.3 Å². The molecule has 2 N–H and O–H groups in total. The Kier molecular flexibility index (Phi) is 5.31. The van der Waals surface area contributed by atoms with Crippen molar-refractivity contribution in [1.82, 2.24) is 14.9 Å². The van der Waals surface area contributed by atoms with E-state index >= 15 is 0 Å². The molecule has 142 valence electrons. The molecule has 0 aliphatic carbocycles. The van der Waals surface area contributed by atoms with E-state index in [0.29, 0.717) is 30.5 Å². The maximum Gasteiger partial charge on any atom is 0.191 e. The molecule has 1 aromatic heterocycles. The predicted octanol–water partition coefficient (Wildman–Crippen LogP) is 2.51. The number of nitrogens with zero attached hydrogens (tertiary/aromatic N) is 4. The number of thioether (sulfide) groups is 1. The van der Waals surface area contributed by atoms with Gasteiger partial charge in [-0.1, -0.05) is 36.0 Å². The number of nitrogen functional groups attached to an aromatic ring is 1. The molecule has 2 aromatic rings. The van der Waals surface area contributed by atoms with Gasteiger partial charge in [0.15, 0.2) is 10.9 Å². The normalized spacial score (nSPS) is 17.4. The number of likely N-dealkylation sites (tertiary alicyclic amines) is 1. The summed E-state index contributed by atoms with van der Waals surface area (Å²) in [4.78, 5) is 25.7. The zero-order valence-electron chi connectivity index (χ0n) is 15.6. The summed E-state index contributed by atoms with van der Waals surface area (Å²) in [6, 6.07) is 8.65. The Hall–Kier alpha value is -2.12. The van der Waals surface area contributed by atoms with E-state index in [2.05, 4.69) is 39.1 Å². The van der Waals surface area contributed by atoms with Gasteiger partial charge in [0, 0.05) is 25.1 Å². The fourth-order valence-corrected chi connectivity index (χ4v) is 4.28. The van der Waals surface area contributed by atoms with Crippen LogP contribution in [0.15, 0.2) is 29.4 Å². The lowest BCUT2D eigenvalue weighted by Crippen LogP contribution is -2.36. The van der Waals surface area contributed by atoms with Crippen molar-refractivity contribution in [2.24, 2.45) is 0 Å². The smallest absolute Gasteiger partial charge is 0.191 e.